The monoisotopic (exact) mass is 332 g/mol. The van der Waals surface area contributed by atoms with Gasteiger partial charge < -0.3 is 14.8 Å². The average molecular weight is 332 g/mol. The van der Waals surface area contributed by atoms with E-state index in [1.165, 1.54) is 11.1 Å². The molecular formula is C21H20N2O2. The van der Waals surface area contributed by atoms with Gasteiger partial charge in [-0.1, -0.05) is 42.5 Å². The van der Waals surface area contributed by atoms with Crippen molar-refractivity contribution >= 4 is 0 Å². The first kappa shape index (κ1) is 15.7. The van der Waals surface area contributed by atoms with Crippen molar-refractivity contribution in [3.8, 4) is 11.5 Å². The fourth-order valence-electron chi connectivity index (χ4n) is 2.89. The van der Waals surface area contributed by atoms with Crippen LogP contribution in [0.25, 0.3) is 0 Å². The number of fused-ring (bicyclic) bond motifs is 1. The summed E-state index contributed by atoms with van der Waals surface area (Å²) in [5.41, 5.74) is 3.56. The standard InChI is InChI=1S/C21H20N2O2/c1-2-6-20-19(5-1)24-15-21(25-20)18-9-7-16(8-10-18)12-23-14-17-4-3-11-22-13-17/h1-11,13,21,23H,12,14-15H2. The summed E-state index contributed by atoms with van der Waals surface area (Å²) in [6, 6.07) is 20.3. The minimum atomic E-state index is -0.0627. The number of nitrogens with zero attached hydrogens (tertiary/aromatic N) is 1. The molecule has 2 aromatic carbocycles. The van der Waals surface area contributed by atoms with E-state index in [2.05, 4.69) is 40.6 Å². The molecule has 3 aromatic rings. The number of hydrogen-bond acceptors (Lipinski definition) is 4. The van der Waals surface area contributed by atoms with Gasteiger partial charge in [-0.2, -0.15) is 0 Å². The van der Waals surface area contributed by atoms with Crippen molar-refractivity contribution in [2.24, 2.45) is 0 Å². The zero-order valence-electron chi connectivity index (χ0n) is 13.9. The molecule has 1 unspecified atom stereocenters. The number of hydrogen-bond donors (Lipinski definition) is 1. The Morgan fingerprint density at radius 1 is 0.880 bits per heavy atom. The van der Waals surface area contributed by atoms with Gasteiger partial charge in [0.25, 0.3) is 0 Å². The lowest BCUT2D eigenvalue weighted by atomic mass is 10.1. The smallest absolute Gasteiger partial charge is 0.162 e. The Kier molecular flexibility index (Phi) is 4.61. The first-order chi connectivity index (χ1) is 12.4. The molecule has 1 aliphatic rings. The summed E-state index contributed by atoms with van der Waals surface area (Å²) in [5, 5.41) is 3.43. The molecule has 0 radical (unpaired) electrons. The fourth-order valence-corrected chi connectivity index (χ4v) is 2.89. The molecule has 0 saturated heterocycles. The number of ether oxygens (including phenoxy) is 2. The second-order valence-corrected chi connectivity index (χ2v) is 6.07. The van der Waals surface area contributed by atoms with Gasteiger partial charge in [-0.15, -0.1) is 0 Å². The van der Waals surface area contributed by atoms with Gasteiger partial charge in [-0.05, 0) is 34.9 Å². The van der Waals surface area contributed by atoms with Crippen molar-refractivity contribution in [3.63, 3.8) is 0 Å². The molecule has 1 N–H and O–H groups in total. The Morgan fingerprint density at radius 2 is 1.68 bits per heavy atom. The van der Waals surface area contributed by atoms with Crippen LogP contribution in [0.5, 0.6) is 11.5 Å². The van der Waals surface area contributed by atoms with Gasteiger partial charge in [0.05, 0.1) is 0 Å². The molecule has 0 spiro atoms. The number of benzene rings is 2. The van der Waals surface area contributed by atoms with Crippen LogP contribution in [0.15, 0.2) is 73.1 Å². The highest BCUT2D eigenvalue weighted by Gasteiger charge is 2.21. The Morgan fingerprint density at radius 3 is 2.48 bits per heavy atom. The van der Waals surface area contributed by atoms with Crippen molar-refractivity contribution in [3.05, 3.63) is 89.7 Å². The predicted octanol–water partition coefficient (Wildman–Crippen LogP) is 3.88. The summed E-state index contributed by atoms with van der Waals surface area (Å²) in [6.45, 7) is 2.17. The number of pyridine rings is 1. The van der Waals surface area contributed by atoms with Gasteiger partial charge in [0.15, 0.2) is 17.6 Å². The van der Waals surface area contributed by atoms with E-state index in [4.69, 9.17) is 9.47 Å². The van der Waals surface area contributed by atoms with Gasteiger partial charge in [0.2, 0.25) is 0 Å². The summed E-state index contributed by atoms with van der Waals surface area (Å²) in [5.74, 6) is 1.62. The summed E-state index contributed by atoms with van der Waals surface area (Å²) in [7, 11) is 0. The molecular weight excluding hydrogens is 312 g/mol. The number of nitrogens with one attached hydrogen (secondary N) is 1. The summed E-state index contributed by atoms with van der Waals surface area (Å²) in [4.78, 5) is 4.12. The van der Waals surface area contributed by atoms with E-state index in [1.54, 1.807) is 6.20 Å². The highest BCUT2D eigenvalue weighted by Crippen LogP contribution is 2.35. The van der Waals surface area contributed by atoms with Crippen LogP contribution in [0.3, 0.4) is 0 Å². The molecule has 2 heterocycles. The Bertz CT molecular complexity index is 819. The molecule has 1 aliphatic heterocycles. The van der Waals surface area contributed by atoms with Crippen molar-refractivity contribution in [2.45, 2.75) is 19.2 Å². The van der Waals surface area contributed by atoms with Gasteiger partial charge in [0, 0.05) is 25.5 Å². The van der Waals surface area contributed by atoms with Crippen LogP contribution >= 0.6 is 0 Å². The third-order valence-electron chi connectivity index (χ3n) is 4.24. The molecule has 4 nitrogen and oxygen atoms in total. The van der Waals surface area contributed by atoms with Crippen molar-refractivity contribution < 1.29 is 9.47 Å². The Labute approximate surface area is 147 Å². The molecule has 0 fully saturated rings. The largest absolute Gasteiger partial charge is 0.485 e. The second-order valence-electron chi connectivity index (χ2n) is 6.07. The number of rotatable bonds is 5. The van der Waals surface area contributed by atoms with Gasteiger partial charge in [-0.3, -0.25) is 4.98 Å². The van der Waals surface area contributed by atoms with Crippen LogP contribution in [0.1, 0.15) is 22.8 Å². The van der Waals surface area contributed by atoms with Crippen LogP contribution < -0.4 is 14.8 Å². The first-order valence-corrected chi connectivity index (χ1v) is 8.45. The molecule has 0 saturated carbocycles. The highest BCUT2D eigenvalue weighted by atomic mass is 16.6. The lowest BCUT2D eigenvalue weighted by Crippen LogP contribution is -2.21. The fraction of sp³-hybridized carbons (Fsp3) is 0.190. The van der Waals surface area contributed by atoms with E-state index in [0.717, 1.165) is 30.2 Å². The normalized spacial score (nSPS) is 15.8. The summed E-state index contributed by atoms with van der Waals surface area (Å²) in [6.07, 6.45) is 3.61. The molecule has 4 rings (SSSR count). The van der Waals surface area contributed by atoms with E-state index in [1.807, 2.05) is 36.5 Å². The maximum atomic E-state index is 6.05. The van der Waals surface area contributed by atoms with E-state index in [0.29, 0.717) is 6.61 Å². The first-order valence-electron chi connectivity index (χ1n) is 8.45. The Balaban J connectivity index is 1.34. The molecule has 25 heavy (non-hydrogen) atoms. The minimum Gasteiger partial charge on any atom is -0.485 e. The van der Waals surface area contributed by atoms with Crippen LogP contribution in [0.2, 0.25) is 0 Å². The zero-order valence-corrected chi connectivity index (χ0v) is 13.9. The number of para-hydroxylation sites is 2. The van der Waals surface area contributed by atoms with Crippen LogP contribution in [-0.2, 0) is 13.1 Å². The molecule has 1 aromatic heterocycles. The highest BCUT2D eigenvalue weighted by molar-refractivity contribution is 5.41. The summed E-state index contributed by atoms with van der Waals surface area (Å²) >= 11 is 0. The predicted molar refractivity (Wildman–Crippen MR) is 96.5 cm³/mol. The average Bonchev–Trinajstić information content (AvgIpc) is 2.69. The molecule has 1 atom stereocenters. The van der Waals surface area contributed by atoms with Crippen molar-refractivity contribution in [2.75, 3.05) is 6.61 Å². The molecule has 126 valence electrons. The topological polar surface area (TPSA) is 43.4 Å². The number of aromatic nitrogens is 1. The van der Waals surface area contributed by atoms with Crippen molar-refractivity contribution in [1.82, 2.24) is 10.3 Å². The van der Waals surface area contributed by atoms with Crippen molar-refractivity contribution in [1.29, 1.82) is 0 Å². The van der Waals surface area contributed by atoms with E-state index in [9.17, 15) is 0 Å². The zero-order chi connectivity index (χ0) is 16.9. The SMILES string of the molecule is c1cncc(CNCc2ccc(C3COc4ccccc4O3)cc2)c1. The second kappa shape index (κ2) is 7.36. The third kappa shape index (κ3) is 3.80. The van der Waals surface area contributed by atoms with Gasteiger partial charge in [0.1, 0.15) is 6.61 Å². The quantitative estimate of drug-likeness (QED) is 0.770. The van der Waals surface area contributed by atoms with Gasteiger partial charge >= 0.3 is 0 Å². The summed E-state index contributed by atoms with van der Waals surface area (Å²) < 4.78 is 11.8. The van der Waals surface area contributed by atoms with E-state index < -0.39 is 0 Å². The Hall–Kier alpha value is -2.85. The van der Waals surface area contributed by atoms with E-state index >= 15 is 0 Å². The maximum absolute atomic E-state index is 6.05. The third-order valence-corrected chi connectivity index (χ3v) is 4.24. The molecule has 4 heteroatoms. The van der Waals surface area contributed by atoms with Gasteiger partial charge in [-0.25, -0.2) is 0 Å². The lowest BCUT2D eigenvalue weighted by Gasteiger charge is -2.26. The van der Waals surface area contributed by atoms with Crippen LogP contribution in [0, 0.1) is 0 Å². The minimum absolute atomic E-state index is 0.0627. The maximum Gasteiger partial charge on any atom is 0.162 e. The molecule has 0 aliphatic carbocycles. The molecule has 0 amide bonds. The van der Waals surface area contributed by atoms with Crippen LogP contribution in [-0.4, -0.2) is 11.6 Å². The lowest BCUT2D eigenvalue weighted by molar-refractivity contribution is 0.0913. The van der Waals surface area contributed by atoms with E-state index in [-0.39, 0.29) is 6.10 Å². The molecule has 0 bridgehead atoms. The van der Waals surface area contributed by atoms with Crippen LogP contribution in [0.4, 0.5) is 0 Å².